The second-order valence-corrected chi connectivity index (χ2v) is 10.9. The van der Waals surface area contributed by atoms with Crippen molar-refractivity contribution in [3.05, 3.63) is 0 Å². The van der Waals surface area contributed by atoms with Gasteiger partial charge >= 0.3 is 39.3 Å². The molecule has 4 saturated carbocycles. The summed E-state index contributed by atoms with van der Waals surface area (Å²) in [6.07, 6.45) is -0.0673. The number of hydrogen-bond acceptors (Lipinski definition) is 8. The molecular formula is C18H22F6O9S. The maximum Gasteiger partial charge on any atom is 0.508 e. The van der Waals surface area contributed by atoms with Crippen LogP contribution in [0, 0.1) is 17.3 Å². The predicted molar refractivity (Wildman–Crippen MR) is 96.7 cm³/mol. The van der Waals surface area contributed by atoms with Crippen LogP contribution in [-0.2, 0) is 29.1 Å². The summed E-state index contributed by atoms with van der Waals surface area (Å²) in [4.78, 5) is 23.7. The van der Waals surface area contributed by atoms with E-state index in [1.54, 1.807) is 0 Å². The SMILES string of the molecule is O=C(OCC(F)(F)C(F)(F)COC(=O)C12CC3CC(CC(O)(C3)C1)C2)OCC(F)(F)S(=O)(=O)O. The maximum atomic E-state index is 14.0. The second kappa shape index (κ2) is 8.40. The van der Waals surface area contributed by atoms with Crippen LogP contribution in [0.3, 0.4) is 0 Å². The van der Waals surface area contributed by atoms with Gasteiger partial charge in [-0.15, -0.1) is 0 Å². The van der Waals surface area contributed by atoms with Crippen molar-refractivity contribution in [1.82, 2.24) is 0 Å². The van der Waals surface area contributed by atoms with Crippen LogP contribution in [-0.4, -0.2) is 72.7 Å². The fourth-order valence-electron chi connectivity index (χ4n) is 5.38. The highest BCUT2D eigenvalue weighted by Crippen LogP contribution is 2.62. The van der Waals surface area contributed by atoms with E-state index in [1.165, 1.54) is 0 Å². The van der Waals surface area contributed by atoms with E-state index in [1.807, 2.05) is 0 Å². The first-order valence-corrected chi connectivity index (χ1v) is 11.5. The molecule has 16 heteroatoms. The van der Waals surface area contributed by atoms with Gasteiger partial charge in [0.1, 0.15) is 0 Å². The van der Waals surface area contributed by atoms with E-state index in [9.17, 15) is 49.5 Å². The molecule has 0 saturated heterocycles. The van der Waals surface area contributed by atoms with Crippen molar-refractivity contribution in [1.29, 1.82) is 0 Å². The molecule has 0 spiro atoms. The number of carbonyl (C=O) groups excluding carboxylic acids is 2. The van der Waals surface area contributed by atoms with Crippen molar-refractivity contribution in [2.45, 2.75) is 61.2 Å². The number of ether oxygens (including phenoxy) is 3. The first-order chi connectivity index (χ1) is 15.3. The van der Waals surface area contributed by atoms with E-state index in [2.05, 4.69) is 14.2 Å². The van der Waals surface area contributed by atoms with Crippen molar-refractivity contribution in [3.63, 3.8) is 0 Å². The van der Waals surface area contributed by atoms with E-state index >= 15 is 0 Å². The average Bonchev–Trinajstić information content (AvgIpc) is 2.66. The fourth-order valence-corrected chi connectivity index (χ4v) is 5.59. The van der Waals surface area contributed by atoms with Gasteiger partial charge in [-0.3, -0.25) is 9.35 Å². The Morgan fingerprint density at radius 3 is 1.79 bits per heavy atom. The van der Waals surface area contributed by atoms with E-state index in [4.69, 9.17) is 4.55 Å². The van der Waals surface area contributed by atoms with Crippen molar-refractivity contribution < 1.29 is 68.2 Å². The summed E-state index contributed by atoms with van der Waals surface area (Å²) >= 11 is 0. The molecule has 0 aromatic rings. The van der Waals surface area contributed by atoms with Crippen molar-refractivity contribution in [3.8, 4) is 0 Å². The standard InChI is InChI=1S/C18H22F6O9S/c19-16(20,17(21,22)8-32-13(26)33-9-18(23,24)34(28,29)30)7-31-12(25)14-2-10-1-11(3-14)5-15(27,4-10)6-14/h10-11,27H,1-9H2,(H,28,29,30). The van der Waals surface area contributed by atoms with Crippen LogP contribution in [0.5, 0.6) is 0 Å². The van der Waals surface area contributed by atoms with Gasteiger partial charge in [0.25, 0.3) is 0 Å². The quantitative estimate of drug-likeness (QED) is 0.263. The van der Waals surface area contributed by atoms with Crippen molar-refractivity contribution in [2.75, 3.05) is 19.8 Å². The molecule has 0 aromatic carbocycles. The Balaban J connectivity index is 1.53. The third-order valence-electron chi connectivity index (χ3n) is 6.49. The third-order valence-corrected chi connectivity index (χ3v) is 7.36. The molecule has 4 bridgehead atoms. The molecule has 4 aliphatic rings. The highest BCUT2D eigenvalue weighted by Gasteiger charge is 2.63. The summed E-state index contributed by atoms with van der Waals surface area (Å²) in [6.45, 7) is -6.77. The van der Waals surface area contributed by atoms with Gasteiger partial charge in [0.15, 0.2) is 19.8 Å². The lowest BCUT2D eigenvalue weighted by Crippen LogP contribution is -2.59. The van der Waals surface area contributed by atoms with Crippen LogP contribution in [0.2, 0.25) is 0 Å². The van der Waals surface area contributed by atoms with Gasteiger partial charge in [0, 0.05) is 0 Å². The molecule has 2 atom stereocenters. The van der Waals surface area contributed by atoms with E-state index in [0.717, 1.165) is 6.42 Å². The Morgan fingerprint density at radius 1 is 0.853 bits per heavy atom. The van der Waals surface area contributed by atoms with E-state index < -0.39 is 70.2 Å². The molecule has 0 amide bonds. The van der Waals surface area contributed by atoms with Gasteiger partial charge in [-0.05, 0) is 50.4 Å². The molecule has 4 aliphatic carbocycles. The van der Waals surface area contributed by atoms with Gasteiger partial charge in [-0.2, -0.15) is 34.8 Å². The molecule has 0 aliphatic heterocycles. The zero-order chi connectivity index (χ0) is 25.8. The molecular weight excluding hydrogens is 506 g/mol. The van der Waals surface area contributed by atoms with Crippen LogP contribution >= 0.6 is 0 Å². The largest absolute Gasteiger partial charge is 0.508 e. The molecule has 4 rings (SSSR count). The summed E-state index contributed by atoms with van der Waals surface area (Å²) in [5.41, 5.74) is -2.38. The van der Waals surface area contributed by atoms with Crippen LogP contribution in [0.15, 0.2) is 0 Å². The van der Waals surface area contributed by atoms with Gasteiger partial charge in [-0.1, -0.05) is 0 Å². The Labute approximate surface area is 189 Å². The molecule has 9 nitrogen and oxygen atoms in total. The number of hydrogen-bond donors (Lipinski definition) is 2. The van der Waals surface area contributed by atoms with Crippen molar-refractivity contribution in [2.24, 2.45) is 17.3 Å². The highest BCUT2D eigenvalue weighted by molar-refractivity contribution is 7.86. The number of halogens is 6. The molecule has 34 heavy (non-hydrogen) atoms. The molecule has 196 valence electrons. The van der Waals surface area contributed by atoms with Crippen LogP contribution < -0.4 is 0 Å². The molecule has 2 unspecified atom stereocenters. The average molecular weight is 528 g/mol. The molecule has 0 radical (unpaired) electrons. The maximum absolute atomic E-state index is 14.0. The Kier molecular flexibility index (Phi) is 6.61. The molecule has 4 fully saturated rings. The van der Waals surface area contributed by atoms with Crippen molar-refractivity contribution >= 4 is 22.2 Å². The monoisotopic (exact) mass is 528 g/mol. The minimum Gasteiger partial charge on any atom is -0.459 e. The molecule has 2 N–H and O–H groups in total. The topological polar surface area (TPSA) is 136 Å². The summed E-state index contributed by atoms with van der Waals surface area (Å²) < 4.78 is 122. The first-order valence-electron chi connectivity index (χ1n) is 10.1. The minimum atomic E-state index is -6.00. The lowest BCUT2D eigenvalue weighted by atomic mass is 9.48. The van der Waals surface area contributed by atoms with Crippen LogP contribution in [0.1, 0.15) is 38.5 Å². The van der Waals surface area contributed by atoms with Gasteiger partial charge in [0.05, 0.1) is 11.0 Å². The van der Waals surface area contributed by atoms with Crippen LogP contribution in [0.25, 0.3) is 0 Å². The lowest BCUT2D eigenvalue weighted by molar-refractivity contribution is -0.251. The fraction of sp³-hybridized carbons (Fsp3) is 0.889. The predicted octanol–water partition coefficient (Wildman–Crippen LogP) is 2.77. The Bertz CT molecular complexity index is 924. The van der Waals surface area contributed by atoms with Gasteiger partial charge < -0.3 is 19.3 Å². The van der Waals surface area contributed by atoms with E-state index in [0.29, 0.717) is 12.8 Å². The number of esters is 1. The number of aliphatic hydroxyl groups is 1. The number of rotatable bonds is 9. The second-order valence-electron chi connectivity index (χ2n) is 9.39. The van der Waals surface area contributed by atoms with Gasteiger partial charge in [0.2, 0.25) is 0 Å². The van der Waals surface area contributed by atoms with Crippen LogP contribution in [0.4, 0.5) is 31.1 Å². The molecule has 0 heterocycles. The minimum absolute atomic E-state index is 0.00615. The Hall–Kier alpha value is -1.81. The third kappa shape index (κ3) is 5.22. The highest BCUT2D eigenvalue weighted by atomic mass is 32.2. The normalized spacial score (nSPS) is 31.3. The smallest absolute Gasteiger partial charge is 0.459 e. The van der Waals surface area contributed by atoms with Gasteiger partial charge in [-0.25, -0.2) is 4.79 Å². The zero-order valence-electron chi connectivity index (χ0n) is 17.4. The summed E-state index contributed by atoms with van der Waals surface area (Å²) in [5.74, 6) is -11.3. The summed E-state index contributed by atoms with van der Waals surface area (Å²) in [5, 5.41) is 5.62. The first kappa shape index (κ1) is 26.8. The molecule has 0 aromatic heterocycles. The van der Waals surface area contributed by atoms with E-state index in [-0.39, 0.29) is 31.1 Å². The Morgan fingerprint density at radius 2 is 1.32 bits per heavy atom. The number of carbonyl (C=O) groups is 2. The lowest BCUT2D eigenvalue weighted by Gasteiger charge is -2.58. The zero-order valence-corrected chi connectivity index (χ0v) is 18.3. The summed E-state index contributed by atoms with van der Waals surface area (Å²) in [6, 6.07) is 0. The number of alkyl halides is 6. The summed E-state index contributed by atoms with van der Waals surface area (Å²) in [7, 11) is -6.00.